The van der Waals surface area contributed by atoms with Gasteiger partial charge in [-0.3, -0.25) is 0 Å². The lowest BCUT2D eigenvalue weighted by atomic mass is 9.52. The second kappa shape index (κ2) is 6.02. The molecule has 0 radical (unpaired) electrons. The highest BCUT2D eigenvalue weighted by Gasteiger charge is 2.32. The van der Waals surface area contributed by atoms with Crippen LogP contribution in [-0.2, 0) is 4.74 Å². The molecule has 8 heteroatoms. The number of nitrogens with zero attached hydrogens (tertiary/aromatic N) is 3. The molecule has 0 N–H and O–H groups in total. The number of ether oxygens (including phenoxy) is 1. The fourth-order valence-corrected chi connectivity index (χ4v) is 3.17. The maximum absolute atomic E-state index is 6.11. The average Bonchev–Trinajstić information content (AvgIpc) is 2.40. The zero-order valence-electron chi connectivity index (χ0n) is 14.4. The second-order valence-electron chi connectivity index (χ2n) is 7.50. The third kappa shape index (κ3) is 3.51. The SMILES string of the molecule is BC(B)(B)OC1CN(c2ncc(C(C)C)c3cc(Cl)ncc23)C1. The van der Waals surface area contributed by atoms with Crippen molar-refractivity contribution in [2.45, 2.75) is 31.2 Å². The van der Waals surface area contributed by atoms with E-state index >= 15 is 0 Å². The summed E-state index contributed by atoms with van der Waals surface area (Å²) in [5, 5.41) is 2.62. The summed E-state index contributed by atoms with van der Waals surface area (Å²) in [5.41, 5.74) is 1.20. The molecule has 2 aromatic heterocycles. The summed E-state index contributed by atoms with van der Waals surface area (Å²) in [6.45, 7) is 6.06. The first-order valence-electron chi connectivity index (χ1n) is 8.11. The molecule has 4 nitrogen and oxygen atoms in total. The van der Waals surface area contributed by atoms with Crippen molar-refractivity contribution in [2.75, 3.05) is 18.0 Å². The Balaban J connectivity index is 1.90. The maximum atomic E-state index is 6.11. The number of pyridine rings is 2. The number of anilines is 1. The lowest BCUT2D eigenvalue weighted by Gasteiger charge is -2.43. The Kier molecular flexibility index (Phi) is 4.36. The van der Waals surface area contributed by atoms with Crippen LogP contribution in [-0.4, -0.2) is 58.0 Å². The lowest BCUT2D eigenvalue weighted by molar-refractivity contribution is 0.0277. The Morgan fingerprint density at radius 3 is 2.52 bits per heavy atom. The standard InChI is InChI=1S/C15H21B3ClN3O/c1-8(2)11-4-21-14(12-5-20-13(19)3-10(11)12)22-6-9(7-22)23-15(16,17)18/h3-5,8-9H,6-7,16-18H2,1-2H3. The molecule has 0 aromatic carbocycles. The molecule has 1 aliphatic rings. The van der Waals surface area contributed by atoms with Gasteiger partial charge in [-0.05, 0) is 28.2 Å². The number of halogens is 1. The molecule has 0 aliphatic carbocycles. The first kappa shape index (κ1) is 16.7. The highest BCUT2D eigenvalue weighted by molar-refractivity contribution is 6.58. The van der Waals surface area contributed by atoms with Crippen molar-refractivity contribution < 1.29 is 4.74 Å². The second-order valence-corrected chi connectivity index (χ2v) is 7.89. The summed E-state index contributed by atoms with van der Waals surface area (Å²) in [4.78, 5) is 11.2. The van der Waals surface area contributed by atoms with Gasteiger partial charge in [-0.1, -0.05) is 25.4 Å². The van der Waals surface area contributed by atoms with Crippen LogP contribution in [0.2, 0.25) is 5.15 Å². The van der Waals surface area contributed by atoms with Crippen LogP contribution < -0.4 is 4.90 Å². The van der Waals surface area contributed by atoms with E-state index < -0.39 is 0 Å². The summed E-state index contributed by atoms with van der Waals surface area (Å²) in [7, 11) is 6.27. The first-order valence-corrected chi connectivity index (χ1v) is 8.49. The molecule has 0 spiro atoms. The van der Waals surface area contributed by atoms with E-state index in [0.717, 1.165) is 29.7 Å². The zero-order chi connectivity index (χ0) is 16.8. The van der Waals surface area contributed by atoms with E-state index in [-0.39, 0.29) is 11.4 Å². The summed E-state index contributed by atoms with van der Waals surface area (Å²) in [6, 6.07) is 1.94. The van der Waals surface area contributed by atoms with E-state index in [1.807, 2.05) is 18.5 Å². The van der Waals surface area contributed by atoms with Crippen molar-refractivity contribution in [3.05, 3.63) is 29.2 Å². The van der Waals surface area contributed by atoms with E-state index in [1.54, 1.807) is 0 Å². The van der Waals surface area contributed by atoms with E-state index in [0.29, 0.717) is 11.1 Å². The van der Waals surface area contributed by atoms with Crippen molar-refractivity contribution in [3.63, 3.8) is 0 Å². The van der Waals surface area contributed by atoms with Gasteiger partial charge < -0.3 is 9.64 Å². The number of rotatable bonds is 4. The molecule has 2 aromatic rings. The average molecular weight is 327 g/mol. The van der Waals surface area contributed by atoms with Crippen LogP contribution in [0.15, 0.2) is 18.5 Å². The van der Waals surface area contributed by atoms with Gasteiger partial charge in [-0.2, -0.15) is 0 Å². The minimum Gasteiger partial charge on any atom is -0.394 e. The van der Waals surface area contributed by atoms with Crippen molar-refractivity contribution >= 4 is 51.7 Å². The van der Waals surface area contributed by atoms with E-state index in [9.17, 15) is 0 Å². The molecule has 1 saturated heterocycles. The molecule has 1 aliphatic heterocycles. The number of hydrogen-bond donors (Lipinski definition) is 0. The van der Waals surface area contributed by atoms with Crippen LogP contribution in [0.4, 0.5) is 5.82 Å². The van der Waals surface area contributed by atoms with Gasteiger partial charge in [0, 0.05) is 30.9 Å². The van der Waals surface area contributed by atoms with E-state index in [1.165, 1.54) is 5.56 Å². The molecule has 0 unspecified atom stereocenters. The van der Waals surface area contributed by atoms with Gasteiger partial charge in [0.05, 0.1) is 6.10 Å². The molecule has 1 fully saturated rings. The van der Waals surface area contributed by atoms with Gasteiger partial charge in [-0.25, -0.2) is 9.97 Å². The highest BCUT2D eigenvalue weighted by Crippen LogP contribution is 2.34. The Morgan fingerprint density at radius 1 is 1.22 bits per heavy atom. The molecule has 23 heavy (non-hydrogen) atoms. The van der Waals surface area contributed by atoms with Crippen molar-refractivity contribution in [1.29, 1.82) is 0 Å². The quantitative estimate of drug-likeness (QED) is 0.591. The lowest BCUT2D eigenvalue weighted by Crippen LogP contribution is -2.56. The molecule has 118 valence electrons. The number of fused-ring (bicyclic) bond motifs is 1. The summed E-state index contributed by atoms with van der Waals surface area (Å²) in [5.74, 6) is 1.37. The number of hydrogen-bond acceptors (Lipinski definition) is 4. The summed E-state index contributed by atoms with van der Waals surface area (Å²) < 4.78 is 6.01. The van der Waals surface area contributed by atoms with Crippen LogP contribution in [0, 0.1) is 0 Å². The van der Waals surface area contributed by atoms with Gasteiger partial charge in [0.25, 0.3) is 0 Å². The van der Waals surface area contributed by atoms with Crippen LogP contribution >= 0.6 is 11.6 Å². The van der Waals surface area contributed by atoms with Gasteiger partial charge in [0.15, 0.2) is 0 Å². The number of aromatic nitrogens is 2. The van der Waals surface area contributed by atoms with Gasteiger partial charge in [0.2, 0.25) is 0 Å². The largest absolute Gasteiger partial charge is 0.394 e. The van der Waals surface area contributed by atoms with Crippen LogP contribution in [0.25, 0.3) is 10.8 Å². The Labute approximate surface area is 145 Å². The third-order valence-corrected chi connectivity index (χ3v) is 4.24. The fraction of sp³-hybridized carbons (Fsp3) is 0.467. The van der Waals surface area contributed by atoms with Gasteiger partial charge in [0.1, 0.15) is 34.5 Å². The van der Waals surface area contributed by atoms with Crippen molar-refractivity contribution in [1.82, 2.24) is 9.97 Å². The summed E-state index contributed by atoms with van der Waals surface area (Å²) >= 11 is 6.11. The molecule has 0 bridgehead atoms. The van der Waals surface area contributed by atoms with Crippen LogP contribution in [0.3, 0.4) is 0 Å². The van der Waals surface area contributed by atoms with Gasteiger partial charge >= 0.3 is 0 Å². The Morgan fingerprint density at radius 2 is 1.91 bits per heavy atom. The monoisotopic (exact) mass is 327 g/mol. The van der Waals surface area contributed by atoms with E-state index in [2.05, 4.69) is 47.3 Å². The Bertz CT molecular complexity index is 730. The molecule has 3 rings (SSSR count). The van der Waals surface area contributed by atoms with Crippen molar-refractivity contribution in [3.8, 4) is 0 Å². The minimum atomic E-state index is -0.108. The fourth-order valence-electron chi connectivity index (χ4n) is 3.01. The van der Waals surface area contributed by atoms with Crippen LogP contribution in [0.1, 0.15) is 25.3 Å². The smallest absolute Gasteiger partial charge is 0.138 e. The molecular formula is C15H21B3ClN3O. The molecule has 0 saturated carbocycles. The minimum absolute atomic E-state index is 0.108. The normalized spacial score (nSPS) is 16.1. The summed E-state index contributed by atoms with van der Waals surface area (Å²) in [6.07, 6.45) is 4.07. The van der Waals surface area contributed by atoms with Gasteiger partial charge in [-0.15, -0.1) is 0 Å². The van der Waals surface area contributed by atoms with Crippen LogP contribution in [0.5, 0.6) is 0 Å². The molecular weight excluding hydrogens is 306 g/mol. The highest BCUT2D eigenvalue weighted by atomic mass is 35.5. The van der Waals surface area contributed by atoms with E-state index in [4.69, 9.17) is 21.3 Å². The maximum Gasteiger partial charge on any atom is 0.138 e. The zero-order valence-corrected chi connectivity index (χ0v) is 15.2. The third-order valence-electron chi connectivity index (χ3n) is 4.04. The predicted molar refractivity (Wildman–Crippen MR) is 104 cm³/mol. The Hall–Kier alpha value is -1.20. The topological polar surface area (TPSA) is 38.2 Å². The molecule has 0 atom stereocenters. The predicted octanol–water partition coefficient (Wildman–Crippen LogP) is 0.122. The molecule has 3 heterocycles. The van der Waals surface area contributed by atoms with Crippen molar-refractivity contribution in [2.24, 2.45) is 0 Å². The molecule has 0 amide bonds. The first-order chi connectivity index (χ1) is 10.7.